The Morgan fingerprint density at radius 2 is 2.44 bits per heavy atom. The highest BCUT2D eigenvalue weighted by Crippen LogP contribution is 2.28. The number of esters is 1. The van der Waals surface area contributed by atoms with Crippen molar-refractivity contribution in [1.29, 1.82) is 5.26 Å². The number of carbonyl (C=O) groups excluding carboxylic acids is 2. The summed E-state index contributed by atoms with van der Waals surface area (Å²) in [4.78, 5) is 23.7. The van der Waals surface area contributed by atoms with Gasteiger partial charge in [0.25, 0.3) is 5.91 Å². The highest BCUT2D eigenvalue weighted by molar-refractivity contribution is 5.98. The molecular formula is C11H12N4O3. The van der Waals surface area contributed by atoms with E-state index in [1.165, 1.54) is 6.08 Å². The van der Waals surface area contributed by atoms with Gasteiger partial charge in [0.05, 0.1) is 18.2 Å². The minimum absolute atomic E-state index is 0.0229. The molecule has 0 aromatic carbocycles. The number of nitriles is 1. The molecule has 0 unspecified atom stereocenters. The molecule has 0 aliphatic carbocycles. The number of hydrazine groups is 1. The zero-order chi connectivity index (χ0) is 13.3. The van der Waals surface area contributed by atoms with Crippen LogP contribution in [0.3, 0.4) is 0 Å². The van der Waals surface area contributed by atoms with Crippen molar-refractivity contribution < 1.29 is 14.3 Å². The van der Waals surface area contributed by atoms with Gasteiger partial charge in [-0.3, -0.25) is 4.79 Å². The molecule has 94 valence electrons. The Balaban J connectivity index is 2.29. The zero-order valence-corrected chi connectivity index (χ0v) is 9.63. The Morgan fingerprint density at radius 1 is 1.72 bits per heavy atom. The Hall–Kier alpha value is -2.17. The number of nitrogens with zero attached hydrogens (tertiary/aromatic N) is 3. The molecule has 0 bridgehead atoms. The van der Waals surface area contributed by atoms with Gasteiger partial charge in [-0.2, -0.15) is 5.26 Å². The summed E-state index contributed by atoms with van der Waals surface area (Å²) in [7, 11) is 0. The molecule has 7 nitrogen and oxygen atoms in total. The van der Waals surface area contributed by atoms with Gasteiger partial charge in [0.15, 0.2) is 5.70 Å². The Kier molecular flexibility index (Phi) is 3.14. The smallest absolute Gasteiger partial charge is 0.357 e. The van der Waals surface area contributed by atoms with Gasteiger partial charge in [0.2, 0.25) is 0 Å². The number of rotatable bonds is 3. The van der Waals surface area contributed by atoms with Gasteiger partial charge >= 0.3 is 5.97 Å². The standard InChI is InChI=1S/C11H12N4O3/c1-2-3-18-11(17)9-7(4-12)5-14-6-8(13)10(16)15(9)14/h2,8H,1,3,5-6,13H2/t8-/m1/s1. The first-order valence-corrected chi connectivity index (χ1v) is 5.35. The van der Waals surface area contributed by atoms with Crippen molar-refractivity contribution >= 4 is 11.9 Å². The number of nitrogens with two attached hydrogens (primary N) is 1. The van der Waals surface area contributed by atoms with Crippen molar-refractivity contribution in [3.8, 4) is 6.07 Å². The van der Waals surface area contributed by atoms with Crippen LogP contribution in [0, 0.1) is 11.3 Å². The van der Waals surface area contributed by atoms with Crippen molar-refractivity contribution in [2.45, 2.75) is 6.04 Å². The molecule has 2 aliphatic heterocycles. The lowest BCUT2D eigenvalue weighted by atomic mass is 10.2. The first-order valence-electron chi connectivity index (χ1n) is 5.35. The molecule has 1 fully saturated rings. The van der Waals surface area contributed by atoms with Gasteiger partial charge in [0, 0.05) is 6.54 Å². The largest absolute Gasteiger partial charge is 0.457 e. The Morgan fingerprint density at radius 3 is 3.06 bits per heavy atom. The van der Waals surface area contributed by atoms with Gasteiger partial charge in [-0.05, 0) is 0 Å². The number of carbonyl (C=O) groups is 2. The molecule has 2 aliphatic rings. The van der Waals surface area contributed by atoms with E-state index >= 15 is 0 Å². The first kappa shape index (κ1) is 12.3. The highest BCUT2D eigenvalue weighted by Gasteiger charge is 2.46. The predicted octanol–water partition coefficient (Wildman–Crippen LogP) is -1.11. The summed E-state index contributed by atoms with van der Waals surface area (Å²) in [5.74, 6) is -1.11. The van der Waals surface area contributed by atoms with E-state index in [-0.39, 0.29) is 24.4 Å². The molecule has 0 saturated carbocycles. The lowest BCUT2D eigenvalue weighted by Crippen LogP contribution is -2.37. The van der Waals surface area contributed by atoms with Crippen LogP contribution in [0.25, 0.3) is 0 Å². The molecule has 2 N–H and O–H groups in total. The van der Waals surface area contributed by atoms with Gasteiger partial charge in [-0.15, -0.1) is 0 Å². The molecule has 7 heteroatoms. The molecule has 2 heterocycles. The summed E-state index contributed by atoms with van der Waals surface area (Å²) in [6, 6.07) is 1.24. The SMILES string of the molecule is C=CCOC(=O)C1=C(C#N)CN2C[C@@H](N)C(=O)N12. The maximum atomic E-state index is 11.8. The maximum Gasteiger partial charge on any atom is 0.357 e. The van der Waals surface area contributed by atoms with E-state index in [9.17, 15) is 9.59 Å². The van der Waals surface area contributed by atoms with Crippen LogP contribution < -0.4 is 5.73 Å². The minimum Gasteiger partial charge on any atom is -0.457 e. The van der Waals surface area contributed by atoms with Crippen molar-refractivity contribution in [1.82, 2.24) is 10.0 Å². The monoisotopic (exact) mass is 248 g/mol. The minimum atomic E-state index is -0.712. The first-order chi connectivity index (χ1) is 8.60. The third-order valence-corrected chi connectivity index (χ3v) is 2.72. The summed E-state index contributed by atoms with van der Waals surface area (Å²) >= 11 is 0. The van der Waals surface area contributed by atoms with E-state index in [4.69, 9.17) is 15.7 Å². The van der Waals surface area contributed by atoms with Gasteiger partial charge in [-0.1, -0.05) is 12.7 Å². The van der Waals surface area contributed by atoms with Gasteiger partial charge in [-0.25, -0.2) is 14.8 Å². The van der Waals surface area contributed by atoms with Crippen LogP contribution in [-0.4, -0.2) is 47.6 Å². The van der Waals surface area contributed by atoms with Crippen molar-refractivity contribution in [3.05, 3.63) is 23.9 Å². The fraction of sp³-hybridized carbons (Fsp3) is 0.364. The van der Waals surface area contributed by atoms with Crippen molar-refractivity contribution in [2.75, 3.05) is 19.7 Å². The maximum absolute atomic E-state index is 11.8. The van der Waals surface area contributed by atoms with E-state index in [0.29, 0.717) is 6.54 Å². The normalized spacial score (nSPS) is 23.0. The summed E-state index contributed by atoms with van der Waals surface area (Å²) < 4.78 is 4.87. The number of fused-ring (bicyclic) bond motifs is 1. The molecule has 18 heavy (non-hydrogen) atoms. The Labute approximate surface area is 104 Å². The quantitative estimate of drug-likeness (QED) is 0.502. The van der Waals surface area contributed by atoms with Crippen LogP contribution in [0.15, 0.2) is 23.9 Å². The van der Waals surface area contributed by atoms with E-state index in [0.717, 1.165) is 5.01 Å². The number of hydrogen-bond donors (Lipinski definition) is 1. The van der Waals surface area contributed by atoms with E-state index < -0.39 is 17.9 Å². The summed E-state index contributed by atoms with van der Waals surface area (Å²) in [6.07, 6.45) is 1.41. The third kappa shape index (κ3) is 1.77. The summed E-state index contributed by atoms with van der Waals surface area (Å²) in [5.41, 5.74) is 5.79. The Bertz CT molecular complexity index is 491. The topological polar surface area (TPSA) is 99.7 Å². The van der Waals surface area contributed by atoms with Gasteiger partial charge < -0.3 is 10.5 Å². The molecule has 0 aromatic rings. The highest BCUT2D eigenvalue weighted by atomic mass is 16.5. The molecule has 1 atom stereocenters. The molecule has 0 radical (unpaired) electrons. The fourth-order valence-corrected chi connectivity index (χ4v) is 1.96. The molecule has 1 saturated heterocycles. The van der Waals surface area contributed by atoms with Crippen LogP contribution in [0.4, 0.5) is 0 Å². The average Bonchev–Trinajstić information content (AvgIpc) is 2.84. The van der Waals surface area contributed by atoms with E-state index in [2.05, 4.69) is 6.58 Å². The van der Waals surface area contributed by atoms with Crippen molar-refractivity contribution in [3.63, 3.8) is 0 Å². The summed E-state index contributed by atoms with van der Waals surface area (Å²) in [5, 5.41) is 11.7. The number of ether oxygens (including phenoxy) is 1. The second kappa shape index (κ2) is 4.60. The average molecular weight is 248 g/mol. The lowest BCUT2D eigenvalue weighted by Gasteiger charge is -2.20. The molecular weight excluding hydrogens is 236 g/mol. The fourth-order valence-electron chi connectivity index (χ4n) is 1.96. The van der Waals surface area contributed by atoms with Crippen LogP contribution in [0.5, 0.6) is 0 Å². The second-order valence-electron chi connectivity index (χ2n) is 3.93. The third-order valence-electron chi connectivity index (χ3n) is 2.72. The van der Waals surface area contributed by atoms with E-state index in [1.807, 2.05) is 6.07 Å². The van der Waals surface area contributed by atoms with Crippen LogP contribution in [0.1, 0.15) is 0 Å². The number of hydrogen-bond acceptors (Lipinski definition) is 6. The molecule has 0 aromatic heterocycles. The molecule has 2 rings (SSSR count). The molecule has 1 amide bonds. The van der Waals surface area contributed by atoms with Gasteiger partial charge in [0.1, 0.15) is 12.6 Å². The number of amides is 1. The predicted molar refractivity (Wildman–Crippen MR) is 60.2 cm³/mol. The van der Waals surface area contributed by atoms with Crippen molar-refractivity contribution in [2.24, 2.45) is 5.73 Å². The van der Waals surface area contributed by atoms with E-state index in [1.54, 1.807) is 5.01 Å². The zero-order valence-electron chi connectivity index (χ0n) is 9.63. The lowest BCUT2D eigenvalue weighted by molar-refractivity contribution is -0.146. The van der Waals surface area contributed by atoms with Crippen LogP contribution in [0.2, 0.25) is 0 Å². The molecule has 0 spiro atoms. The second-order valence-corrected chi connectivity index (χ2v) is 3.93. The summed E-state index contributed by atoms with van der Waals surface area (Å²) in [6.45, 7) is 3.94. The van der Waals surface area contributed by atoms with Crippen LogP contribution in [-0.2, 0) is 14.3 Å². The van der Waals surface area contributed by atoms with Crippen LogP contribution >= 0.6 is 0 Å².